The predicted molar refractivity (Wildman–Crippen MR) is 102 cm³/mol. The summed E-state index contributed by atoms with van der Waals surface area (Å²) >= 11 is 0. The lowest BCUT2D eigenvalue weighted by molar-refractivity contribution is -0.130. The quantitative estimate of drug-likeness (QED) is 0.830. The van der Waals surface area contributed by atoms with Crippen LogP contribution < -0.4 is 9.80 Å². The lowest BCUT2D eigenvalue weighted by atomic mass is 10.0. The highest BCUT2D eigenvalue weighted by Gasteiger charge is 2.27. The van der Waals surface area contributed by atoms with E-state index >= 15 is 0 Å². The average Bonchev–Trinajstić information content (AvgIpc) is 2.68. The third kappa shape index (κ3) is 3.75. The number of rotatable bonds is 3. The lowest BCUT2D eigenvalue weighted by Crippen LogP contribution is -2.51. The van der Waals surface area contributed by atoms with Gasteiger partial charge in [0.15, 0.2) is 0 Å². The largest absolute Gasteiger partial charge is 0.368 e. The van der Waals surface area contributed by atoms with Crippen LogP contribution in [0.5, 0.6) is 0 Å². The predicted octanol–water partition coefficient (Wildman–Crippen LogP) is 3.07. The first kappa shape index (κ1) is 17.8. The highest BCUT2D eigenvalue weighted by atomic mass is 19.1. The number of piperazine rings is 1. The molecule has 4 rings (SSSR count). The minimum Gasteiger partial charge on any atom is -0.368 e. The van der Waals surface area contributed by atoms with E-state index in [1.807, 2.05) is 23.1 Å². The fraction of sp³-hybridized carbons (Fsp3) is 0.381. The number of benzene rings is 2. The topological polar surface area (TPSA) is 26.8 Å². The summed E-state index contributed by atoms with van der Waals surface area (Å²) in [5.74, 6) is -1.14. The normalized spacial score (nSPS) is 17.0. The van der Waals surface area contributed by atoms with Crippen molar-refractivity contribution >= 4 is 17.3 Å². The molecule has 142 valence electrons. The van der Waals surface area contributed by atoms with Gasteiger partial charge in [-0.05, 0) is 36.6 Å². The Hall–Kier alpha value is -2.63. The van der Waals surface area contributed by atoms with Gasteiger partial charge in [0.25, 0.3) is 0 Å². The van der Waals surface area contributed by atoms with Crippen molar-refractivity contribution in [3.05, 3.63) is 59.7 Å². The van der Waals surface area contributed by atoms with Crippen molar-refractivity contribution in [1.29, 1.82) is 0 Å². The van der Waals surface area contributed by atoms with Crippen molar-refractivity contribution in [3.8, 4) is 0 Å². The number of amides is 1. The Morgan fingerprint density at radius 1 is 0.963 bits per heavy atom. The number of halogens is 2. The van der Waals surface area contributed by atoms with Crippen LogP contribution in [0.15, 0.2) is 42.5 Å². The van der Waals surface area contributed by atoms with Crippen LogP contribution >= 0.6 is 0 Å². The van der Waals surface area contributed by atoms with Crippen molar-refractivity contribution < 1.29 is 13.6 Å². The Morgan fingerprint density at radius 3 is 2.44 bits per heavy atom. The second-order valence-corrected chi connectivity index (χ2v) is 7.12. The Labute approximate surface area is 158 Å². The van der Waals surface area contributed by atoms with E-state index in [-0.39, 0.29) is 12.5 Å². The molecule has 2 aromatic rings. The van der Waals surface area contributed by atoms with Crippen molar-refractivity contribution in [2.45, 2.75) is 12.8 Å². The van der Waals surface area contributed by atoms with E-state index in [1.54, 1.807) is 4.90 Å². The fourth-order valence-electron chi connectivity index (χ4n) is 4.01. The summed E-state index contributed by atoms with van der Waals surface area (Å²) in [5, 5.41) is 0. The molecule has 0 spiro atoms. The monoisotopic (exact) mass is 371 g/mol. The number of aryl methyl sites for hydroxylation is 1. The number of para-hydroxylation sites is 1. The first-order chi connectivity index (χ1) is 13.1. The molecule has 0 aliphatic carbocycles. The summed E-state index contributed by atoms with van der Waals surface area (Å²) in [6, 6.07) is 12.4. The Kier molecular flexibility index (Phi) is 4.97. The molecule has 2 heterocycles. The second-order valence-electron chi connectivity index (χ2n) is 7.12. The SMILES string of the molecule is O=C(CN1CCCc2cc(F)cc(F)c21)N1CCN(c2ccccc2)CC1. The first-order valence-corrected chi connectivity index (χ1v) is 9.42. The molecule has 1 fully saturated rings. The molecule has 0 unspecified atom stereocenters. The molecule has 1 saturated heterocycles. The molecule has 0 radical (unpaired) electrons. The van der Waals surface area contributed by atoms with Gasteiger partial charge in [0.1, 0.15) is 11.6 Å². The van der Waals surface area contributed by atoms with E-state index in [0.717, 1.165) is 25.6 Å². The van der Waals surface area contributed by atoms with E-state index in [4.69, 9.17) is 0 Å². The van der Waals surface area contributed by atoms with E-state index in [9.17, 15) is 13.6 Å². The lowest BCUT2D eigenvalue weighted by Gasteiger charge is -2.38. The Morgan fingerprint density at radius 2 is 1.70 bits per heavy atom. The number of nitrogens with zero attached hydrogens (tertiary/aromatic N) is 3. The molecule has 1 amide bonds. The number of hydrogen-bond acceptors (Lipinski definition) is 3. The summed E-state index contributed by atoms with van der Waals surface area (Å²) in [5.41, 5.74) is 2.21. The maximum atomic E-state index is 14.3. The summed E-state index contributed by atoms with van der Waals surface area (Å²) in [4.78, 5) is 18.6. The maximum Gasteiger partial charge on any atom is 0.242 e. The highest BCUT2D eigenvalue weighted by molar-refractivity contribution is 5.82. The van der Waals surface area contributed by atoms with Crippen LogP contribution in [0.1, 0.15) is 12.0 Å². The number of hydrogen-bond donors (Lipinski definition) is 0. The van der Waals surface area contributed by atoms with Crippen molar-refractivity contribution in [1.82, 2.24) is 4.90 Å². The molecule has 2 aliphatic heterocycles. The summed E-state index contributed by atoms with van der Waals surface area (Å²) in [6.45, 7) is 3.63. The van der Waals surface area contributed by atoms with Crippen LogP contribution in [0.2, 0.25) is 0 Å². The van der Waals surface area contributed by atoms with Gasteiger partial charge in [-0.25, -0.2) is 8.78 Å². The number of carbonyl (C=O) groups excluding carboxylic acids is 1. The van der Waals surface area contributed by atoms with Crippen molar-refractivity contribution in [2.75, 3.05) is 49.1 Å². The molecule has 0 saturated carbocycles. The standard InChI is InChI=1S/C21H23F2N3O/c22-17-13-16-5-4-8-26(21(16)19(23)14-17)15-20(27)25-11-9-24(10-12-25)18-6-2-1-3-7-18/h1-3,6-7,13-14H,4-5,8-12,15H2. The van der Waals surface area contributed by atoms with Crippen LogP contribution in [0.25, 0.3) is 0 Å². The molecule has 4 nitrogen and oxygen atoms in total. The van der Waals surface area contributed by atoms with E-state index in [2.05, 4.69) is 17.0 Å². The zero-order chi connectivity index (χ0) is 18.8. The van der Waals surface area contributed by atoms with Gasteiger partial charge in [0.05, 0.1) is 12.2 Å². The van der Waals surface area contributed by atoms with Crippen LogP contribution in [-0.4, -0.2) is 50.1 Å². The Balaban J connectivity index is 1.40. The minimum atomic E-state index is -0.577. The van der Waals surface area contributed by atoms with Crippen molar-refractivity contribution in [3.63, 3.8) is 0 Å². The number of anilines is 2. The summed E-state index contributed by atoms with van der Waals surface area (Å²) in [6.07, 6.45) is 1.44. The number of fused-ring (bicyclic) bond motifs is 1. The third-order valence-electron chi connectivity index (χ3n) is 5.38. The van der Waals surface area contributed by atoms with E-state index < -0.39 is 11.6 Å². The molecular weight excluding hydrogens is 348 g/mol. The van der Waals surface area contributed by atoms with Crippen LogP contribution in [-0.2, 0) is 11.2 Å². The second kappa shape index (κ2) is 7.55. The van der Waals surface area contributed by atoms with E-state index in [0.29, 0.717) is 37.3 Å². The van der Waals surface area contributed by atoms with Gasteiger partial charge >= 0.3 is 0 Å². The van der Waals surface area contributed by atoms with Gasteiger partial charge in [-0.1, -0.05) is 18.2 Å². The molecule has 0 atom stereocenters. The molecule has 0 N–H and O–H groups in total. The van der Waals surface area contributed by atoms with Gasteiger partial charge in [-0.3, -0.25) is 4.79 Å². The average molecular weight is 371 g/mol. The summed E-state index contributed by atoms with van der Waals surface area (Å²) in [7, 11) is 0. The fourth-order valence-corrected chi connectivity index (χ4v) is 4.01. The molecule has 2 aliphatic rings. The van der Waals surface area contributed by atoms with E-state index in [1.165, 1.54) is 11.8 Å². The van der Waals surface area contributed by atoms with Gasteiger partial charge in [0, 0.05) is 44.5 Å². The Bertz CT molecular complexity index is 820. The zero-order valence-electron chi connectivity index (χ0n) is 15.2. The molecular formula is C21H23F2N3O. The van der Waals surface area contributed by atoms with Crippen molar-refractivity contribution in [2.24, 2.45) is 0 Å². The molecule has 2 aromatic carbocycles. The third-order valence-corrected chi connectivity index (χ3v) is 5.38. The van der Waals surface area contributed by atoms with Crippen LogP contribution in [0, 0.1) is 11.6 Å². The maximum absolute atomic E-state index is 14.3. The van der Waals surface area contributed by atoms with Gasteiger partial charge < -0.3 is 14.7 Å². The highest BCUT2D eigenvalue weighted by Crippen LogP contribution is 2.31. The smallest absolute Gasteiger partial charge is 0.242 e. The van der Waals surface area contributed by atoms with Gasteiger partial charge in [-0.2, -0.15) is 0 Å². The van der Waals surface area contributed by atoms with Crippen LogP contribution in [0.3, 0.4) is 0 Å². The molecule has 0 aromatic heterocycles. The van der Waals surface area contributed by atoms with Gasteiger partial charge in [-0.15, -0.1) is 0 Å². The number of carbonyl (C=O) groups is 1. The molecule has 6 heteroatoms. The first-order valence-electron chi connectivity index (χ1n) is 9.42. The summed E-state index contributed by atoms with van der Waals surface area (Å²) < 4.78 is 27.8. The molecule has 27 heavy (non-hydrogen) atoms. The molecule has 0 bridgehead atoms. The van der Waals surface area contributed by atoms with Gasteiger partial charge in [0.2, 0.25) is 5.91 Å². The minimum absolute atomic E-state index is 0.000660. The zero-order valence-corrected chi connectivity index (χ0v) is 15.2. The van der Waals surface area contributed by atoms with Crippen LogP contribution in [0.4, 0.5) is 20.2 Å².